The summed E-state index contributed by atoms with van der Waals surface area (Å²) in [6.45, 7) is 5.12. The zero-order chi connectivity index (χ0) is 14.6. The number of carbonyl (C=O) groups excluding carboxylic acids is 1. The van der Waals surface area contributed by atoms with Gasteiger partial charge in [-0.15, -0.1) is 0 Å². The lowest BCUT2D eigenvalue weighted by Crippen LogP contribution is -2.38. The molecule has 0 aliphatic rings. The number of hydrogen-bond donors (Lipinski definition) is 1. The first kappa shape index (κ1) is 16.1. The molecule has 0 aromatic heterocycles. The number of aliphatic hydroxyl groups is 1. The summed E-state index contributed by atoms with van der Waals surface area (Å²) in [6.07, 6.45) is 0.362. The Bertz CT molecular complexity index is 460. The molecule has 0 bridgehead atoms. The Morgan fingerprint density at radius 2 is 2.16 bits per heavy atom. The molecule has 0 saturated carbocycles. The van der Waals surface area contributed by atoms with Crippen LogP contribution in [0.4, 0.5) is 4.39 Å². The van der Waals surface area contributed by atoms with Crippen LogP contribution in [0.5, 0.6) is 0 Å². The van der Waals surface area contributed by atoms with Gasteiger partial charge < -0.3 is 9.84 Å². The second-order valence-electron chi connectivity index (χ2n) is 4.48. The maximum absolute atomic E-state index is 13.9. The summed E-state index contributed by atoms with van der Waals surface area (Å²) in [5.41, 5.74) is -1.51. The standard InChI is InChI=1S/C14H18BrFO3/c1-4-10(13(17)19-5-2)14(3,18)11-7-6-9(15)8-12(11)16/h6-8,10,18H,4-5H2,1-3H3. The van der Waals surface area contributed by atoms with Crippen molar-refractivity contribution in [3.8, 4) is 0 Å². The lowest BCUT2D eigenvalue weighted by molar-refractivity contribution is -0.158. The van der Waals surface area contributed by atoms with Crippen molar-refractivity contribution < 1.29 is 19.0 Å². The van der Waals surface area contributed by atoms with E-state index in [-0.39, 0.29) is 12.2 Å². The van der Waals surface area contributed by atoms with Crippen molar-refractivity contribution in [2.45, 2.75) is 32.8 Å². The van der Waals surface area contributed by atoms with E-state index in [1.54, 1.807) is 19.9 Å². The van der Waals surface area contributed by atoms with Gasteiger partial charge in [0.05, 0.1) is 12.5 Å². The third kappa shape index (κ3) is 3.54. The molecule has 1 aromatic carbocycles. The maximum atomic E-state index is 13.9. The predicted molar refractivity (Wildman–Crippen MR) is 74.1 cm³/mol. The molecule has 0 radical (unpaired) electrons. The van der Waals surface area contributed by atoms with Gasteiger partial charge >= 0.3 is 5.97 Å². The first-order valence-electron chi connectivity index (χ1n) is 6.19. The molecule has 1 aromatic rings. The predicted octanol–water partition coefficient (Wildman–Crippen LogP) is 3.39. The van der Waals surface area contributed by atoms with Crippen molar-refractivity contribution in [2.75, 3.05) is 6.61 Å². The smallest absolute Gasteiger partial charge is 0.312 e. The fourth-order valence-electron chi connectivity index (χ4n) is 2.12. The molecule has 0 saturated heterocycles. The van der Waals surface area contributed by atoms with Crippen molar-refractivity contribution in [3.63, 3.8) is 0 Å². The monoisotopic (exact) mass is 332 g/mol. The summed E-state index contributed by atoms with van der Waals surface area (Å²) < 4.78 is 19.5. The Morgan fingerprint density at radius 3 is 2.63 bits per heavy atom. The van der Waals surface area contributed by atoms with Crippen LogP contribution < -0.4 is 0 Å². The molecular formula is C14H18BrFO3. The molecule has 0 fully saturated rings. The van der Waals surface area contributed by atoms with Crippen LogP contribution in [-0.4, -0.2) is 17.7 Å². The van der Waals surface area contributed by atoms with Crippen LogP contribution in [0.1, 0.15) is 32.8 Å². The molecule has 19 heavy (non-hydrogen) atoms. The summed E-state index contributed by atoms with van der Waals surface area (Å²) in [5.74, 6) is -1.87. The van der Waals surface area contributed by atoms with Gasteiger partial charge in [-0.3, -0.25) is 4.79 Å². The van der Waals surface area contributed by atoms with Crippen molar-refractivity contribution in [3.05, 3.63) is 34.1 Å². The Labute approximate surface area is 120 Å². The number of benzene rings is 1. The maximum Gasteiger partial charge on any atom is 0.312 e. The summed E-state index contributed by atoms with van der Waals surface area (Å²) in [5, 5.41) is 10.6. The van der Waals surface area contributed by atoms with Crippen LogP contribution >= 0.6 is 15.9 Å². The second kappa shape index (κ2) is 6.48. The lowest BCUT2D eigenvalue weighted by atomic mass is 9.81. The molecule has 0 aliphatic carbocycles. The van der Waals surface area contributed by atoms with Gasteiger partial charge in [0.15, 0.2) is 0 Å². The minimum atomic E-state index is -1.61. The van der Waals surface area contributed by atoms with Crippen molar-refractivity contribution in [1.29, 1.82) is 0 Å². The highest BCUT2D eigenvalue weighted by molar-refractivity contribution is 9.10. The van der Waals surface area contributed by atoms with Gasteiger partial charge in [0.2, 0.25) is 0 Å². The normalized spacial score (nSPS) is 15.7. The van der Waals surface area contributed by atoms with E-state index in [4.69, 9.17) is 4.74 Å². The number of halogens is 2. The van der Waals surface area contributed by atoms with E-state index in [9.17, 15) is 14.3 Å². The number of carbonyl (C=O) groups is 1. The summed E-state index contributed by atoms with van der Waals surface area (Å²) in [7, 11) is 0. The number of hydrogen-bond acceptors (Lipinski definition) is 3. The minimum absolute atomic E-state index is 0.0932. The van der Waals surface area contributed by atoms with Crippen LogP contribution in [0.15, 0.2) is 22.7 Å². The van der Waals surface area contributed by atoms with Gasteiger partial charge in [0, 0.05) is 10.0 Å². The number of ether oxygens (including phenoxy) is 1. The molecule has 0 amide bonds. The van der Waals surface area contributed by atoms with E-state index in [0.29, 0.717) is 10.9 Å². The Kier molecular flexibility index (Phi) is 5.50. The minimum Gasteiger partial charge on any atom is -0.466 e. The highest BCUT2D eigenvalue weighted by Gasteiger charge is 2.40. The zero-order valence-corrected chi connectivity index (χ0v) is 12.8. The van der Waals surface area contributed by atoms with Gasteiger partial charge in [-0.1, -0.05) is 28.9 Å². The molecule has 2 unspecified atom stereocenters. The van der Waals surface area contributed by atoms with Crippen LogP contribution in [0.2, 0.25) is 0 Å². The van der Waals surface area contributed by atoms with Crippen molar-refractivity contribution in [2.24, 2.45) is 5.92 Å². The Balaban J connectivity index is 3.15. The van der Waals surface area contributed by atoms with Crippen LogP contribution in [-0.2, 0) is 15.1 Å². The van der Waals surface area contributed by atoms with Gasteiger partial charge in [0.1, 0.15) is 11.4 Å². The highest BCUT2D eigenvalue weighted by Crippen LogP contribution is 2.35. The largest absolute Gasteiger partial charge is 0.466 e. The summed E-state index contributed by atoms with van der Waals surface area (Å²) in [6, 6.07) is 4.37. The Hall–Kier alpha value is -0.940. The third-order valence-electron chi connectivity index (χ3n) is 3.13. The molecule has 1 rings (SSSR count). The molecule has 106 valence electrons. The fourth-order valence-corrected chi connectivity index (χ4v) is 2.46. The quantitative estimate of drug-likeness (QED) is 0.841. The van der Waals surface area contributed by atoms with E-state index < -0.39 is 23.3 Å². The zero-order valence-electron chi connectivity index (χ0n) is 11.2. The van der Waals surface area contributed by atoms with Crippen LogP contribution in [0, 0.1) is 11.7 Å². The van der Waals surface area contributed by atoms with E-state index in [1.807, 2.05) is 0 Å². The van der Waals surface area contributed by atoms with E-state index >= 15 is 0 Å². The van der Waals surface area contributed by atoms with Crippen molar-refractivity contribution in [1.82, 2.24) is 0 Å². The molecule has 0 spiro atoms. The third-order valence-corrected chi connectivity index (χ3v) is 3.63. The molecular weight excluding hydrogens is 315 g/mol. The fraction of sp³-hybridized carbons (Fsp3) is 0.500. The molecule has 0 aliphatic heterocycles. The number of rotatable bonds is 5. The van der Waals surface area contributed by atoms with E-state index in [0.717, 1.165) is 0 Å². The van der Waals surface area contributed by atoms with Gasteiger partial charge in [-0.2, -0.15) is 0 Å². The first-order valence-corrected chi connectivity index (χ1v) is 6.98. The van der Waals surface area contributed by atoms with Crippen molar-refractivity contribution >= 4 is 21.9 Å². The molecule has 0 heterocycles. The first-order chi connectivity index (χ1) is 8.84. The second-order valence-corrected chi connectivity index (χ2v) is 5.40. The average molecular weight is 333 g/mol. The van der Waals surface area contributed by atoms with E-state index in [1.165, 1.54) is 19.1 Å². The van der Waals surface area contributed by atoms with Crippen LogP contribution in [0.25, 0.3) is 0 Å². The molecule has 5 heteroatoms. The van der Waals surface area contributed by atoms with Crippen LogP contribution in [0.3, 0.4) is 0 Å². The average Bonchev–Trinajstić information content (AvgIpc) is 2.28. The lowest BCUT2D eigenvalue weighted by Gasteiger charge is -2.31. The van der Waals surface area contributed by atoms with Gasteiger partial charge in [0.25, 0.3) is 0 Å². The molecule has 3 nitrogen and oxygen atoms in total. The molecule has 2 atom stereocenters. The topological polar surface area (TPSA) is 46.5 Å². The molecule has 1 N–H and O–H groups in total. The highest BCUT2D eigenvalue weighted by atomic mass is 79.9. The van der Waals surface area contributed by atoms with E-state index in [2.05, 4.69) is 15.9 Å². The Morgan fingerprint density at radius 1 is 1.53 bits per heavy atom. The SMILES string of the molecule is CCOC(=O)C(CC)C(C)(O)c1ccc(Br)cc1F. The summed E-state index contributed by atoms with van der Waals surface area (Å²) in [4.78, 5) is 11.9. The van der Waals surface area contributed by atoms with Gasteiger partial charge in [-0.25, -0.2) is 4.39 Å². The number of esters is 1. The summed E-state index contributed by atoms with van der Waals surface area (Å²) >= 11 is 3.16. The van der Waals surface area contributed by atoms with Gasteiger partial charge in [-0.05, 0) is 32.4 Å².